The molecule has 0 spiro atoms. The number of carbonyl (C=O) groups is 2. The van der Waals surface area contributed by atoms with Crippen LogP contribution in [0.5, 0.6) is 0 Å². The van der Waals surface area contributed by atoms with Gasteiger partial charge in [-0.25, -0.2) is 0 Å². The normalized spacial score (nSPS) is 13.1. The zero-order valence-electron chi connectivity index (χ0n) is 43.4. The Morgan fingerprint density at radius 3 is 1.12 bits per heavy atom. The summed E-state index contributed by atoms with van der Waals surface area (Å²) >= 11 is 0. The molecule has 380 valence electrons. The van der Waals surface area contributed by atoms with Gasteiger partial charge in [0.15, 0.2) is 0 Å². The molecule has 0 aromatic carbocycles. The predicted molar refractivity (Wildman–Crippen MR) is 278 cm³/mol. The van der Waals surface area contributed by atoms with Crippen LogP contribution in [-0.4, -0.2) is 46.9 Å². The molecular formula is C58H113NO5. The molecule has 0 saturated heterocycles. The van der Waals surface area contributed by atoms with Gasteiger partial charge in [0.1, 0.15) is 6.10 Å². The SMILES string of the molecule is CCCCCC/C=C\CCCCCCCC(CC(=O)NC(CO)C(O)CCCCCCCCCCCCCCCCCC)OC(=O)CCCCCCCCCCCCCCCCCC. The van der Waals surface area contributed by atoms with Crippen LogP contribution in [0, 0.1) is 0 Å². The Morgan fingerprint density at radius 2 is 0.750 bits per heavy atom. The third-order valence-corrected chi connectivity index (χ3v) is 13.6. The second-order valence-electron chi connectivity index (χ2n) is 20.1. The quantitative estimate of drug-likeness (QED) is 0.0321. The van der Waals surface area contributed by atoms with Crippen LogP contribution in [0.1, 0.15) is 323 Å². The minimum atomic E-state index is -0.785. The van der Waals surface area contributed by atoms with Gasteiger partial charge in [0.2, 0.25) is 5.91 Å². The Labute approximate surface area is 399 Å². The number of allylic oxidation sites excluding steroid dienone is 2. The van der Waals surface area contributed by atoms with Gasteiger partial charge in [-0.1, -0.05) is 270 Å². The maximum atomic E-state index is 13.3. The van der Waals surface area contributed by atoms with Crippen molar-refractivity contribution in [2.75, 3.05) is 6.61 Å². The van der Waals surface area contributed by atoms with E-state index in [4.69, 9.17) is 4.74 Å². The lowest BCUT2D eigenvalue weighted by atomic mass is 10.0. The second-order valence-corrected chi connectivity index (χ2v) is 20.1. The number of aliphatic hydroxyl groups is 2. The van der Waals surface area contributed by atoms with E-state index >= 15 is 0 Å². The van der Waals surface area contributed by atoms with Crippen LogP contribution in [0.4, 0.5) is 0 Å². The first-order valence-corrected chi connectivity index (χ1v) is 28.9. The molecule has 0 bridgehead atoms. The highest BCUT2D eigenvalue weighted by molar-refractivity contribution is 5.77. The van der Waals surface area contributed by atoms with E-state index in [0.29, 0.717) is 19.3 Å². The van der Waals surface area contributed by atoms with Crippen molar-refractivity contribution in [3.05, 3.63) is 12.2 Å². The van der Waals surface area contributed by atoms with Gasteiger partial charge in [0.25, 0.3) is 0 Å². The van der Waals surface area contributed by atoms with E-state index in [1.807, 2.05) is 0 Å². The van der Waals surface area contributed by atoms with Crippen molar-refractivity contribution in [1.82, 2.24) is 5.32 Å². The molecule has 0 aliphatic rings. The van der Waals surface area contributed by atoms with Crippen LogP contribution in [0.2, 0.25) is 0 Å². The van der Waals surface area contributed by atoms with Gasteiger partial charge in [0.05, 0.1) is 25.2 Å². The van der Waals surface area contributed by atoms with Crippen molar-refractivity contribution in [1.29, 1.82) is 0 Å². The van der Waals surface area contributed by atoms with E-state index in [1.54, 1.807) is 0 Å². The molecule has 0 heterocycles. The van der Waals surface area contributed by atoms with E-state index in [9.17, 15) is 19.8 Å². The van der Waals surface area contributed by atoms with E-state index in [0.717, 1.165) is 57.8 Å². The predicted octanol–water partition coefficient (Wildman–Crippen LogP) is 17.7. The monoisotopic (exact) mass is 904 g/mol. The Morgan fingerprint density at radius 1 is 0.438 bits per heavy atom. The third-order valence-electron chi connectivity index (χ3n) is 13.6. The van der Waals surface area contributed by atoms with E-state index in [-0.39, 0.29) is 24.9 Å². The number of carbonyl (C=O) groups excluding carboxylic acids is 2. The third kappa shape index (κ3) is 47.1. The summed E-state index contributed by atoms with van der Waals surface area (Å²) in [6.45, 7) is 6.51. The van der Waals surface area contributed by atoms with Gasteiger partial charge in [-0.2, -0.15) is 0 Å². The number of esters is 1. The minimum absolute atomic E-state index is 0.0794. The highest BCUT2D eigenvalue weighted by Crippen LogP contribution is 2.19. The molecule has 0 radical (unpaired) electrons. The molecule has 1 amide bonds. The fraction of sp³-hybridized carbons (Fsp3) is 0.931. The maximum absolute atomic E-state index is 13.3. The topological polar surface area (TPSA) is 95.9 Å². The van der Waals surface area contributed by atoms with Gasteiger partial charge < -0.3 is 20.3 Å². The van der Waals surface area contributed by atoms with Crippen LogP contribution in [0.3, 0.4) is 0 Å². The lowest BCUT2D eigenvalue weighted by molar-refractivity contribution is -0.151. The number of rotatable bonds is 53. The van der Waals surface area contributed by atoms with Gasteiger partial charge in [-0.15, -0.1) is 0 Å². The number of unbranched alkanes of at least 4 members (excludes halogenated alkanes) is 39. The zero-order valence-corrected chi connectivity index (χ0v) is 43.4. The molecule has 3 unspecified atom stereocenters. The van der Waals surface area contributed by atoms with Gasteiger partial charge in [-0.05, 0) is 51.4 Å². The van der Waals surface area contributed by atoms with Crippen molar-refractivity contribution in [3.8, 4) is 0 Å². The smallest absolute Gasteiger partial charge is 0.306 e. The Bertz CT molecular complexity index is 970. The number of ether oxygens (including phenoxy) is 1. The van der Waals surface area contributed by atoms with E-state index in [2.05, 4.69) is 38.2 Å². The first kappa shape index (κ1) is 62.6. The average Bonchev–Trinajstić information content (AvgIpc) is 3.29. The van der Waals surface area contributed by atoms with Crippen LogP contribution < -0.4 is 5.32 Å². The average molecular weight is 905 g/mol. The Kier molecular flexibility index (Phi) is 51.4. The number of hydrogen-bond donors (Lipinski definition) is 3. The molecule has 0 fully saturated rings. The molecule has 0 aromatic rings. The lowest BCUT2D eigenvalue weighted by Crippen LogP contribution is -2.46. The summed E-state index contributed by atoms with van der Waals surface area (Å²) in [5.41, 5.74) is 0. The largest absolute Gasteiger partial charge is 0.462 e. The van der Waals surface area contributed by atoms with Gasteiger partial charge in [0, 0.05) is 6.42 Å². The first-order valence-electron chi connectivity index (χ1n) is 28.9. The molecule has 6 nitrogen and oxygen atoms in total. The molecule has 0 aliphatic heterocycles. The zero-order chi connectivity index (χ0) is 46.7. The molecule has 3 atom stereocenters. The van der Waals surface area contributed by atoms with Crippen molar-refractivity contribution in [2.45, 2.75) is 341 Å². The van der Waals surface area contributed by atoms with Crippen molar-refractivity contribution in [3.63, 3.8) is 0 Å². The molecule has 0 aromatic heterocycles. The molecule has 3 N–H and O–H groups in total. The molecule has 0 aliphatic carbocycles. The summed E-state index contributed by atoms with van der Waals surface area (Å²) < 4.78 is 5.96. The summed E-state index contributed by atoms with van der Waals surface area (Å²) in [6.07, 6.45) is 59.9. The van der Waals surface area contributed by atoms with E-state index < -0.39 is 18.2 Å². The highest BCUT2D eigenvalue weighted by Gasteiger charge is 2.24. The fourth-order valence-corrected chi connectivity index (χ4v) is 9.19. The molecule has 0 saturated carbocycles. The Balaban J connectivity index is 4.47. The van der Waals surface area contributed by atoms with E-state index in [1.165, 1.54) is 218 Å². The van der Waals surface area contributed by atoms with Crippen molar-refractivity contribution < 1.29 is 24.5 Å². The molecule has 0 rings (SSSR count). The standard InChI is InChI=1S/C58H113NO5/c1-4-7-10-13-16-19-22-25-27-29-32-35-38-41-44-47-50-56(61)55(53-60)59-57(62)52-54(49-46-43-40-37-34-31-24-21-18-15-12-9-6-3)64-58(63)51-48-45-42-39-36-33-30-28-26-23-20-17-14-11-8-5-2/h21,24,54-56,60-61H,4-20,22-23,25-53H2,1-3H3,(H,59,62)/b24-21-. The molecule has 6 heteroatoms. The van der Waals surface area contributed by atoms with Crippen LogP contribution in [-0.2, 0) is 14.3 Å². The highest BCUT2D eigenvalue weighted by atomic mass is 16.5. The number of nitrogens with one attached hydrogen (secondary N) is 1. The van der Waals surface area contributed by atoms with Crippen LogP contribution >= 0.6 is 0 Å². The Hall–Kier alpha value is -1.40. The number of amides is 1. The van der Waals surface area contributed by atoms with Gasteiger partial charge >= 0.3 is 5.97 Å². The molecule has 64 heavy (non-hydrogen) atoms. The fourth-order valence-electron chi connectivity index (χ4n) is 9.19. The summed E-state index contributed by atoms with van der Waals surface area (Å²) in [5, 5.41) is 23.9. The summed E-state index contributed by atoms with van der Waals surface area (Å²) in [5.74, 6) is -0.460. The second kappa shape index (κ2) is 52.6. The number of hydrogen-bond acceptors (Lipinski definition) is 5. The van der Waals surface area contributed by atoms with Crippen LogP contribution in [0.15, 0.2) is 12.2 Å². The summed E-state index contributed by atoms with van der Waals surface area (Å²) in [6, 6.07) is -0.698. The van der Waals surface area contributed by atoms with Crippen LogP contribution in [0.25, 0.3) is 0 Å². The number of aliphatic hydroxyl groups excluding tert-OH is 2. The maximum Gasteiger partial charge on any atom is 0.306 e. The summed E-state index contributed by atoms with van der Waals surface area (Å²) in [7, 11) is 0. The van der Waals surface area contributed by atoms with Crippen molar-refractivity contribution in [2.24, 2.45) is 0 Å². The molecular weight excluding hydrogens is 791 g/mol. The van der Waals surface area contributed by atoms with Crippen molar-refractivity contribution >= 4 is 11.9 Å². The first-order chi connectivity index (χ1) is 31.5. The van der Waals surface area contributed by atoms with Gasteiger partial charge in [-0.3, -0.25) is 9.59 Å². The minimum Gasteiger partial charge on any atom is -0.462 e. The lowest BCUT2D eigenvalue weighted by Gasteiger charge is -2.24. The summed E-state index contributed by atoms with van der Waals surface area (Å²) in [4.78, 5) is 26.2.